The zero-order valence-corrected chi connectivity index (χ0v) is 13.1. The van der Waals surface area contributed by atoms with Crippen LogP contribution in [-0.2, 0) is 19.1 Å². The van der Waals surface area contributed by atoms with Crippen LogP contribution >= 0.6 is 46.4 Å². The number of carbonyl (C=O) groups is 2. The van der Waals surface area contributed by atoms with E-state index in [1.54, 1.807) is 0 Å². The van der Waals surface area contributed by atoms with Gasteiger partial charge in [-0.1, -0.05) is 23.2 Å². The minimum atomic E-state index is -2.00. The van der Waals surface area contributed by atoms with Crippen LogP contribution in [-0.4, -0.2) is 50.9 Å². The summed E-state index contributed by atoms with van der Waals surface area (Å²) in [6, 6.07) is 0. The molecule has 116 valence electrons. The lowest BCUT2D eigenvalue weighted by Gasteiger charge is -2.38. The molecule has 3 rings (SSSR count). The van der Waals surface area contributed by atoms with E-state index in [0.717, 1.165) is 0 Å². The number of carboxylic acid groups (broad SMARTS) is 2. The molecule has 10 heteroatoms. The highest BCUT2D eigenvalue weighted by Gasteiger charge is 2.88. The van der Waals surface area contributed by atoms with Gasteiger partial charge in [-0.25, -0.2) is 0 Å². The average Bonchev–Trinajstić information content (AvgIpc) is 2.98. The van der Waals surface area contributed by atoms with Gasteiger partial charge in [0.2, 0.25) is 5.79 Å². The largest absolute Gasteiger partial charge is 0.481 e. The Kier molecular flexibility index (Phi) is 3.28. The van der Waals surface area contributed by atoms with Gasteiger partial charge in [0, 0.05) is 0 Å². The molecule has 0 aromatic carbocycles. The fourth-order valence-corrected chi connectivity index (χ4v) is 5.54. The van der Waals surface area contributed by atoms with E-state index in [2.05, 4.69) is 0 Å². The van der Waals surface area contributed by atoms with Crippen LogP contribution in [0.4, 0.5) is 0 Å². The van der Waals surface area contributed by atoms with Gasteiger partial charge in [-0.05, 0) is 0 Å². The molecule has 0 aromatic heterocycles. The summed E-state index contributed by atoms with van der Waals surface area (Å²) in [5, 5.41) is 18.4. The van der Waals surface area contributed by atoms with Crippen molar-refractivity contribution in [1.82, 2.24) is 0 Å². The summed E-state index contributed by atoms with van der Waals surface area (Å²) in [6.07, 6.45) is 0. The minimum absolute atomic E-state index is 0.0654. The molecule has 2 fully saturated rings. The Bertz CT molecular complexity index is 541. The predicted octanol–water partition coefficient (Wildman–Crippen LogP) is 1.80. The topological polar surface area (TPSA) is 93.1 Å². The number of carboxylic acids is 2. The van der Waals surface area contributed by atoms with E-state index < -0.39 is 39.3 Å². The van der Waals surface area contributed by atoms with Crippen molar-refractivity contribution in [1.29, 1.82) is 0 Å². The minimum Gasteiger partial charge on any atom is -0.481 e. The molecule has 1 saturated heterocycles. The summed E-state index contributed by atoms with van der Waals surface area (Å²) in [7, 11) is 0. The highest BCUT2D eigenvalue weighted by Crippen LogP contribution is 2.74. The lowest BCUT2D eigenvalue weighted by Crippen LogP contribution is -2.56. The molecule has 0 radical (unpaired) electrons. The van der Waals surface area contributed by atoms with Crippen molar-refractivity contribution < 1.29 is 29.3 Å². The highest BCUT2D eigenvalue weighted by molar-refractivity contribution is 6.53. The molecule has 1 saturated carbocycles. The van der Waals surface area contributed by atoms with Crippen LogP contribution in [0.2, 0.25) is 0 Å². The normalized spacial score (nSPS) is 43.8. The summed E-state index contributed by atoms with van der Waals surface area (Å²) in [4.78, 5) is 19.2. The Balaban J connectivity index is 2.35. The standard InChI is InChI=1S/C11H8Cl4O6/c12-5-6(13)10(15)4(8(18)19)3(7(16)17)9(5,14)11(10)20-1-2-21-11/h3-4H,1-2H2,(H,16,17)(H,18,19)/t3-,4-,9-,10-/m1/s1. The zero-order valence-electron chi connectivity index (χ0n) is 10.1. The van der Waals surface area contributed by atoms with Gasteiger partial charge in [0.1, 0.15) is 11.8 Å². The van der Waals surface area contributed by atoms with Crippen molar-refractivity contribution in [3.8, 4) is 0 Å². The van der Waals surface area contributed by atoms with Crippen LogP contribution in [0.25, 0.3) is 0 Å². The van der Waals surface area contributed by atoms with Crippen LogP contribution in [0.1, 0.15) is 0 Å². The van der Waals surface area contributed by atoms with Crippen LogP contribution in [0.3, 0.4) is 0 Å². The number of alkyl halides is 2. The molecule has 1 aliphatic heterocycles. The van der Waals surface area contributed by atoms with Crippen molar-refractivity contribution in [2.75, 3.05) is 13.2 Å². The van der Waals surface area contributed by atoms with Crippen molar-refractivity contribution in [3.05, 3.63) is 10.1 Å². The average molecular weight is 378 g/mol. The van der Waals surface area contributed by atoms with E-state index in [-0.39, 0.29) is 23.3 Å². The van der Waals surface area contributed by atoms with Crippen molar-refractivity contribution in [3.63, 3.8) is 0 Å². The van der Waals surface area contributed by atoms with E-state index in [1.807, 2.05) is 0 Å². The van der Waals surface area contributed by atoms with Gasteiger partial charge in [0.25, 0.3) is 0 Å². The monoisotopic (exact) mass is 376 g/mol. The molecule has 0 amide bonds. The van der Waals surface area contributed by atoms with Gasteiger partial charge in [-0.2, -0.15) is 0 Å². The SMILES string of the molecule is O=C(O)[C@H]1[C@H](C(=O)O)[C@@]2(Cl)C(Cl)=C(Cl)[C@@]1(Cl)C21OCCO1. The molecule has 1 heterocycles. The summed E-state index contributed by atoms with van der Waals surface area (Å²) in [5.74, 6) is -8.17. The molecular formula is C11H8Cl4O6. The fourth-order valence-electron chi connectivity index (χ4n) is 3.47. The molecule has 3 aliphatic rings. The molecule has 4 atom stereocenters. The molecular weight excluding hydrogens is 370 g/mol. The number of aliphatic carboxylic acids is 2. The maximum atomic E-state index is 11.6. The first-order chi connectivity index (χ1) is 9.66. The summed E-state index contributed by atoms with van der Waals surface area (Å²) in [6.45, 7) is 0.131. The smallest absolute Gasteiger partial charge is 0.309 e. The van der Waals surface area contributed by atoms with Crippen LogP contribution in [0, 0.1) is 11.8 Å². The predicted molar refractivity (Wildman–Crippen MR) is 72.8 cm³/mol. The zero-order chi connectivity index (χ0) is 15.8. The van der Waals surface area contributed by atoms with Crippen molar-refractivity contribution in [2.45, 2.75) is 15.5 Å². The van der Waals surface area contributed by atoms with Crippen LogP contribution in [0.15, 0.2) is 10.1 Å². The highest BCUT2D eigenvalue weighted by atomic mass is 35.5. The first-order valence-electron chi connectivity index (χ1n) is 5.84. The van der Waals surface area contributed by atoms with E-state index in [4.69, 9.17) is 55.9 Å². The number of ether oxygens (including phenoxy) is 2. The van der Waals surface area contributed by atoms with Gasteiger partial charge >= 0.3 is 11.9 Å². The lowest BCUT2D eigenvalue weighted by atomic mass is 9.82. The molecule has 2 aliphatic carbocycles. The van der Waals surface area contributed by atoms with E-state index in [9.17, 15) is 19.8 Å². The quantitative estimate of drug-likeness (QED) is 0.713. The summed E-state index contributed by atoms with van der Waals surface area (Å²) in [5.41, 5.74) is 0. The van der Waals surface area contributed by atoms with Gasteiger partial charge in [0.05, 0.1) is 23.3 Å². The van der Waals surface area contributed by atoms with E-state index >= 15 is 0 Å². The summed E-state index contributed by atoms with van der Waals surface area (Å²) < 4.78 is 10.9. The Morgan fingerprint density at radius 1 is 0.952 bits per heavy atom. The number of halogens is 4. The maximum absolute atomic E-state index is 11.6. The van der Waals surface area contributed by atoms with Gasteiger partial charge in [0.15, 0.2) is 9.75 Å². The lowest BCUT2D eigenvalue weighted by molar-refractivity contribution is -0.177. The second-order valence-electron chi connectivity index (χ2n) is 5.00. The number of hydrogen-bond donors (Lipinski definition) is 2. The Hall–Kier alpha value is -0.240. The molecule has 6 nitrogen and oxygen atoms in total. The Morgan fingerprint density at radius 2 is 1.29 bits per heavy atom. The fraction of sp³-hybridized carbons (Fsp3) is 0.636. The molecule has 21 heavy (non-hydrogen) atoms. The number of hydrogen-bond acceptors (Lipinski definition) is 4. The number of rotatable bonds is 2. The molecule has 0 aromatic rings. The Morgan fingerprint density at radius 3 is 1.57 bits per heavy atom. The van der Waals surface area contributed by atoms with E-state index in [1.165, 1.54) is 0 Å². The maximum Gasteiger partial charge on any atom is 0.309 e. The van der Waals surface area contributed by atoms with Crippen molar-refractivity contribution >= 4 is 58.3 Å². The van der Waals surface area contributed by atoms with E-state index in [0.29, 0.717) is 0 Å². The van der Waals surface area contributed by atoms with Gasteiger partial charge in [-0.3, -0.25) is 9.59 Å². The third-order valence-corrected chi connectivity index (χ3v) is 6.82. The summed E-state index contributed by atoms with van der Waals surface area (Å²) >= 11 is 25.1. The molecule has 1 spiro atoms. The van der Waals surface area contributed by atoms with Crippen LogP contribution < -0.4 is 0 Å². The molecule has 2 N–H and O–H groups in total. The van der Waals surface area contributed by atoms with Crippen LogP contribution in [0.5, 0.6) is 0 Å². The first-order valence-corrected chi connectivity index (χ1v) is 7.35. The second-order valence-corrected chi connectivity index (χ2v) is 6.95. The van der Waals surface area contributed by atoms with Gasteiger partial charge < -0.3 is 19.7 Å². The van der Waals surface area contributed by atoms with Gasteiger partial charge in [-0.15, -0.1) is 23.2 Å². The Labute approximate surface area is 138 Å². The first kappa shape index (κ1) is 15.6. The molecule has 0 unspecified atom stereocenters. The third-order valence-electron chi connectivity index (χ3n) is 4.21. The third kappa shape index (κ3) is 1.40. The van der Waals surface area contributed by atoms with Crippen molar-refractivity contribution in [2.24, 2.45) is 11.8 Å². The second kappa shape index (κ2) is 4.40. The molecule has 2 bridgehead atoms.